The minimum atomic E-state index is 0. The summed E-state index contributed by atoms with van der Waals surface area (Å²) >= 11 is 0. The van der Waals surface area contributed by atoms with E-state index in [9.17, 15) is 0 Å². The molecule has 0 bridgehead atoms. The van der Waals surface area contributed by atoms with Crippen LogP contribution in [0.3, 0.4) is 0 Å². The molecule has 1 aromatic heterocycles. The highest BCUT2D eigenvalue weighted by Crippen LogP contribution is 2.18. The average molecular weight is 389 g/mol. The van der Waals surface area contributed by atoms with E-state index in [2.05, 4.69) is 25.9 Å². The lowest BCUT2D eigenvalue weighted by Gasteiger charge is -2.11. The number of aliphatic imine (C=N–C) groups is 1. The Bertz CT molecular complexity index is 392. The van der Waals surface area contributed by atoms with Crippen LogP contribution >= 0.6 is 24.0 Å². The van der Waals surface area contributed by atoms with Crippen LogP contribution in [0.1, 0.15) is 25.7 Å². The molecule has 0 aromatic carbocycles. The molecule has 0 unspecified atom stereocenters. The Labute approximate surface area is 138 Å². The maximum atomic E-state index is 4.22. The van der Waals surface area contributed by atoms with Gasteiger partial charge >= 0.3 is 0 Å². The third kappa shape index (κ3) is 6.93. The second-order valence-corrected chi connectivity index (χ2v) is 4.77. The molecule has 5 nitrogen and oxygen atoms in total. The smallest absolute Gasteiger partial charge is 0.191 e. The second-order valence-electron chi connectivity index (χ2n) is 4.77. The van der Waals surface area contributed by atoms with Crippen LogP contribution in [0, 0.1) is 0 Å². The third-order valence-electron chi connectivity index (χ3n) is 3.01. The molecule has 1 aliphatic rings. The summed E-state index contributed by atoms with van der Waals surface area (Å²) in [7, 11) is 1.82. The van der Waals surface area contributed by atoms with Crippen molar-refractivity contribution < 1.29 is 0 Å². The highest BCUT2D eigenvalue weighted by Gasteiger charge is 2.21. The first kappa shape index (κ1) is 17.0. The molecule has 3 N–H and O–H groups in total. The van der Waals surface area contributed by atoms with E-state index in [-0.39, 0.29) is 24.0 Å². The van der Waals surface area contributed by atoms with Crippen molar-refractivity contribution in [3.05, 3.63) is 24.4 Å². The molecule has 1 aromatic rings. The Morgan fingerprint density at radius 3 is 2.75 bits per heavy atom. The monoisotopic (exact) mass is 389 g/mol. The van der Waals surface area contributed by atoms with Crippen LogP contribution in [0.15, 0.2) is 29.4 Å². The SMILES string of the molecule is CN=C(NCCCCNc1ccccn1)NC1CC1.I. The zero-order chi connectivity index (χ0) is 13.3. The minimum Gasteiger partial charge on any atom is -0.370 e. The van der Waals surface area contributed by atoms with E-state index in [0.717, 1.165) is 37.7 Å². The molecule has 1 aliphatic carbocycles. The van der Waals surface area contributed by atoms with Gasteiger partial charge in [-0.2, -0.15) is 0 Å². The molecule has 0 amide bonds. The molecule has 0 radical (unpaired) electrons. The van der Waals surface area contributed by atoms with E-state index in [0.29, 0.717) is 6.04 Å². The van der Waals surface area contributed by atoms with Crippen LogP contribution in [-0.4, -0.2) is 37.1 Å². The number of hydrogen-bond donors (Lipinski definition) is 3. The van der Waals surface area contributed by atoms with Crippen LogP contribution in [0.2, 0.25) is 0 Å². The Morgan fingerprint density at radius 1 is 1.30 bits per heavy atom. The van der Waals surface area contributed by atoms with E-state index in [1.165, 1.54) is 12.8 Å². The van der Waals surface area contributed by atoms with E-state index < -0.39 is 0 Å². The summed E-state index contributed by atoms with van der Waals surface area (Å²) < 4.78 is 0. The standard InChI is InChI=1S/C14H23N5.HI/c1-15-14(19-12-7-8-12)18-11-5-4-10-17-13-6-2-3-9-16-13;/h2-3,6,9,12H,4-5,7-8,10-11H2,1H3,(H,16,17)(H2,15,18,19);1H. The first-order valence-electron chi connectivity index (χ1n) is 7.00. The number of nitrogens with zero attached hydrogens (tertiary/aromatic N) is 2. The fraction of sp³-hybridized carbons (Fsp3) is 0.571. The van der Waals surface area contributed by atoms with Gasteiger partial charge in [-0.05, 0) is 37.8 Å². The second kappa shape index (κ2) is 9.79. The minimum absolute atomic E-state index is 0. The van der Waals surface area contributed by atoms with Crippen molar-refractivity contribution in [2.75, 3.05) is 25.5 Å². The van der Waals surface area contributed by atoms with Gasteiger partial charge in [-0.3, -0.25) is 4.99 Å². The number of guanidine groups is 1. The van der Waals surface area contributed by atoms with Gasteiger partial charge in [-0.25, -0.2) is 4.98 Å². The molecule has 1 saturated carbocycles. The Kier molecular flexibility index (Phi) is 8.32. The van der Waals surface area contributed by atoms with Crippen LogP contribution in [0.25, 0.3) is 0 Å². The van der Waals surface area contributed by atoms with Crippen molar-refractivity contribution in [2.24, 2.45) is 4.99 Å². The summed E-state index contributed by atoms with van der Waals surface area (Å²) in [6, 6.07) is 6.55. The quantitative estimate of drug-likeness (QED) is 0.290. The van der Waals surface area contributed by atoms with Gasteiger partial charge in [0, 0.05) is 32.4 Å². The van der Waals surface area contributed by atoms with Crippen LogP contribution in [0.5, 0.6) is 0 Å². The number of rotatable bonds is 7. The molecule has 6 heteroatoms. The molecule has 112 valence electrons. The van der Waals surface area contributed by atoms with Crippen molar-refractivity contribution in [1.82, 2.24) is 15.6 Å². The fourth-order valence-corrected chi connectivity index (χ4v) is 1.76. The number of hydrogen-bond acceptors (Lipinski definition) is 3. The first-order chi connectivity index (χ1) is 9.38. The molecular weight excluding hydrogens is 365 g/mol. The molecule has 0 saturated heterocycles. The average Bonchev–Trinajstić information content (AvgIpc) is 3.26. The fourth-order valence-electron chi connectivity index (χ4n) is 1.76. The largest absolute Gasteiger partial charge is 0.370 e. The topological polar surface area (TPSA) is 61.3 Å². The zero-order valence-corrected chi connectivity index (χ0v) is 14.3. The predicted molar refractivity (Wildman–Crippen MR) is 94.9 cm³/mol. The zero-order valence-electron chi connectivity index (χ0n) is 11.9. The van der Waals surface area contributed by atoms with Gasteiger partial charge in [0.25, 0.3) is 0 Å². The van der Waals surface area contributed by atoms with E-state index >= 15 is 0 Å². The van der Waals surface area contributed by atoms with Gasteiger partial charge in [-0.15, -0.1) is 24.0 Å². The summed E-state index contributed by atoms with van der Waals surface area (Å²) in [6.45, 7) is 1.91. The molecule has 1 heterocycles. The number of pyridine rings is 1. The lowest BCUT2D eigenvalue weighted by Crippen LogP contribution is -2.39. The number of anilines is 1. The van der Waals surface area contributed by atoms with Crippen molar-refractivity contribution in [2.45, 2.75) is 31.7 Å². The normalized spacial score (nSPS) is 14.3. The highest BCUT2D eigenvalue weighted by molar-refractivity contribution is 14.0. The van der Waals surface area contributed by atoms with Crippen molar-refractivity contribution in [3.8, 4) is 0 Å². The van der Waals surface area contributed by atoms with Crippen molar-refractivity contribution in [1.29, 1.82) is 0 Å². The Morgan fingerprint density at radius 2 is 2.10 bits per heavy atom. The first-order valence-corrected chi connectivity index (χ1v) is 7.00. The maximum absolute atomic E-state index is 4.22. The van der Waals surface area contributed by atoms with Gasteiger partial charge in [0.15, 0.2) is 5.96 Å². The van der Waals surface area contributed by atoms with Gasteiger partial charge in [0.1, 0.15) is 5.82 Å². The number of nitrogens with one attached hydrogen (secondary N) is 3. The number of halogens is 1. The highest BCUT2D eigenvalue weighted by atomic mass is 127. The number of unbranched alkanes of at least 4 members (excludes halogenated alkanes) is 1. The van der Waals surface area contributed by atoms with E-state index in [1.54, 1.807) is 6.20 Å². The van der Waals surface area contributed by atoms with Gasteiger partial charge in [0.05, 0.1) is 0 Å². The summed E-state index contributed by atoms with van der Waals surface area (Å²) in [5.74, 6) is 1.88. The predicted octanol–water partition coefficient (Wildman–Crippen LogP) is 2.22. The van der Waals surface area contributed by atoms with Gasteiger partial charge in [0.2, 0.25) is 0 Å². The van der Waals surface area contributed by atoms with E-state index in [4.69, 9.17) is 0 Å². The third-order valence-corrected chi connectivity index (χ3v) is 3.01. The molecule has 20 heavy (non-hydrogen) atoms. The Balaban J connectivity index is 0.00000200. The van der Waals surface area contributed by atoms with E-state index in [1.807, 2.05) is 25.2 Å². The molecule has 1 fully saturated rings. The molecular formula is C14H24IN5. The Hall–Kier alpha value is -1.05. The summed E-state index contributed by atoms with van der Waals surface area (Å²) in [6.07, 6.45) is 6.58. The lowest BCUT2D eigenvalue weighted by atomic mass is 10.3. The van der Waals surface area contributed by atoms with Crippen molar-refractivity contribution >= 4 is 35.8 Å². The lowest BCUT2D eigenvalue weighted by molar-refractivity contribution is 0.710. The van der Waals surface area contributed by atoms with Crippen LogP contribution in [-0.2, 0) is 0 Å². The summed E-state index contributed by atoms with van der Waals surface area (Å²) in [5, 5.41) is 10.0. The molecule has 0 atom stereocenters. The summed E-state index contributed by atoms with van der Waals surface area (Å²) in [4.78, 5) is 8.42. The van der Waals surface area contributed by atoms with Crippen molar-refractivity contribution in [3.63, 3.8) is 0 Å². The molecule has 2 rings (SSSR count). The molecule has 0 spiro atoms. The number of aromatic nitrogens is 1. The van der Waals surface area contributed by atoms with Crippen LogP contribution < -0.4 is 16.0 Å². The molecule has 0 aliphatic heterocycles. The summed E-state index contributed by atoms with van der Waals surface area (Å²) in [5.41, 5.74) is 0. The van der Waals surface area contributed by atoms with Gasteiger partial charge < -0.3 is 16.0 Å². The van der Waals surface area contributed by atoms with Gasteiger partial charge in [-0.1, -0.05) is 6.07 Å². The van der Waals surface area contributed by atoms with Crippen LogP contribution in [0.4, 0.5) is 5.82 Å². The maximum Gasteiger partial charge on any atom is 0.191 e.